The maximum atomic E-state index is 7.43. The van der Waals surface area contributed by atoms with Crippen LogP contribution in [0.5, 0.6) is 5.75 Å². The minimum absolute atomic E-state index is 0.107. The van der Waals surface area contributed by atoms with Gasteiger partial charge in [-0.05, 0) is 42.3 Å². The highest BCUT2D eigenvalue weighted by molar-refractivity contribution is 6.08. The molecule has 3 aromatic rings. The maximum absolute atomic E-state index is 7.43. The number of methoxy groups -OCH3 is 1. The highest BCUT2D eigenvalue weighted by atomic mass is 16.5. The van der Waals surface area contributed by atoms with Crippen molar-refractivity contribution in [2.24, 2.45) is 5.73 Å². The molecule has 0 spiro atoms. The fourth-order valence-electron chi connectivity index (χ4n) is 2.90. The number of allylic oxidation sites excluding steroid dienone is 1. The number of rotatable bonds is 6. The first-order valence-corrected chi connectivity index (χ1v) is 8.63. The van der Waals surface area contributed by atoms with Gasteiger partial charge in [-0.2, -0.15) is 0 Å². The second-order valence-corrected chi connectivity index (χ2v) is 6.26. The molecule has 6 heteroatoms. The highest BCUT2D eigenvalue weighted by Gasteiger charge is 2.15. The molecule has 1 aromatic heterocycles. The van der Waals surface area contributed by atoms with Gasteiger partial charge in [-0.15, -0.1) is 0 Å². The fraction of sp³-hybridized carbons (Fsp3) is 0.190. The lowest BCUT2D eigenvalue weighted by Crippen LogP contribution is -2.22. The van der Waals surface area contributed by atoms with Gasteiger partial charge in [0, 0.05) is 25.0 Å². The fourth-order valence-corrected chi connectivity index (χ4v) is 2.90. The van der Waals surface area contributed by atoms with Crippen molar-refractivity contribution in [1.29, 1.82) is 5.41 Å². The molecule has 1 atom stereocenters. The van der Waals surface area contributed by atoms with E-state index in [2.05, 4.69) is 22.9 Å². The van der Waals surface area contributed by atoms with Gasteiger partial charge in [-0.3, -0.25) is 4.98 Å². The number of fused-ring (bicyclic) bond motifs is 1. The summed E-state index contributed by atoms with van der Waals surface area (Å²) >= 11 is 0. The molecule has 0 radical (unpaired) electrons. The van der Waals surface area contributed by atoms with Crippen LogP contribution in [-0.2, 0) is 0 Å². The number of ether oxygens (including phenoxy) is 1. The zero-order valence-corrected chi connectivity index (χ0v) is 15.7. The molecule has 3 N–H and O–H groups in total. The average Bonchev–Trinajstić information content (AvgIpc) is 2.73. The lowest BCUT2D eigenvalue weighted by Gasteiger charge is -2.26. The molecule has 0 unspecified atom stereocenters. The third kappa shape index (κ3) is 3.74. The SMILES string of the molecule is COc1cccc([C@@H](C)N(C)c2cnc3cc(/C(C=N)=C/N)ccc3n2)c1. The Balaban J connectivity index is 1.91. The van der Waals surface area contributed by atoms with E-state index in [1.165, 1.54) is 12.4 Å². The largest absolute Gasteiger partial charge is 0.497 e. The molecule has 0 aliphatic carbocycles. The molecule has 0 saturated heterocycles. The van der Waals surface area contributed by atoms with Crippen molar-refractivity contribution in [3.63, 3.8) is 0 Å². The number of nitrogens with two attached hydrogens (primary N) is 1. The lowest BCUT2D eigenvalue weighted by atomic mass is 10.1. The predicted molar refractivity (Wildman–Crippen MR) is 110 cm³/mol. The monoisotopic (exact) mass is 361 g/mol. The van der Waals surface area contributed by atoms with Crippen LogP contribution in [0.2, 0.25) is 0 Å². The predicted octanol–water partition coefficient (Wildman–Crippen LogP) is 3.78. The van der Waals surface area contributed by atoms with E-state index < -0.39 is 0 Å². The first-order chi connectivity index (χ1) is 13.1. The molecule has 27 heavy (non-hydrogen) atoms. The van der Waals surface area contributed by atoms with Crippen LogP contribution in [0.3, 0.4) is 0 Å². The van der Waals surface area contributed by atoms with Crippen molar-refractivity contribution in [3.05, 3.63) is 66.0 Å². The molecular formula is C21H23N5O. The highest BCUT2D eigenvalue weighted by Crippen LogP contribution is 2.27. The Morgan fingerprint density at radius 1 is 1.22 bits per heavy atom. The van der Waals surface area contributed by atoms with Crippen LogP contribution >= 0.6 is 0 Å². The Labute approximate surface area is 158 Å². The van der Waals surface area contributed by atoms with Gasteiger partial charge in [0.1, 0.15) is 11.6 Å². The van der Waals surface area contributed by atoms with E-state index >= 15 is 0 Å². The van der Waals surface area contributed by atoms with Gasteiger partial charge in [0.05, 0.1) is 30.4 Å². The van der Waals surface area contributed by atoms with Crippen LogP contribution in [0.15, 0.2) is 54.9 Å². The van der Waals surface area contributed by atoms with Crippen molar-refractivity contribution in [2.75, 3.05) is 19.1 Å². The Kier molecular flexibility index (Phi) is 5.35. The molecule has 6 nitrogen and oxygen atoms in total. The van der Waals surface area contributed by atoms with Crippen LogP contribution in [0.4, 0.5) is 5.82 Å². The van der Waals surface area contributed by atoms with E-state index in [9.17, 15) is 0 Å². The van der Waals surface area contributed by atoms with E-state index in [0.717, 1.165) is 33.7 Å². The van der Waals surface area contributed by atoms with Crippen molar-refractivity contribution in [3.8, 4) is 5.75 Å². The molecule has 0 aliphatic heterocycles. The molecular weight excluding hydrogens is 338 g/mol. The Morgan fingerprint density at radius 3 is 2.74 bits per heavy atom. The number of nitrogens with one attached hydrogen (secondary N) is 1. The van der Waals surface area contributed by atoms with E-state index in [1.807, 2.05) is 43.4 Å². The molecule has 1 heterocycles. The van der Waals surface area contributed by atoms with E-state index in [4.69, 9.17) is 20.9 Å². The normalized spacial score (nSPS) is 12.6. The number of hydrogen-bond donors (Lipinski definition) is 2. The van der Waals surface area contributed by atoms with Crippen LogP contribution in [0.1, 0.15) is 24.1 Å². The van der Waals surface area contributed by atoms with Crippen LogP contribution in [0.25, 0.3) is 16.6 Å². The van der Waals surface area contributed by atoms with E-state index in [0.29, 0.717) is 5.57 Å². The smallest absolute Gasteiger partial charge is 0.148 e. The number of benzene rings is 2. The van der Waals surface area contributed by atoms with Crippen molar-refractivity contribution < 1.29 is 4.74 Å². The second-order valence-electron chi connectivity index (χ2n) is 6.26. The topological polar surface area (TPSA) is 88.1 Å². The molecule has 0 fully saturated rings. The van der Waals surface area contributed by atoms with Gasteiger partial charge < -0.3 is 20.8 Å². The second kappa shape index (κ2) is 7.86. The van der Waals surface area contributed by atoms with Crippen LogP contribution in [-0.4, -0.2) is 30.3 Å². The van der Waals surface area contributed by atoms with Crippen molar-refractivity contribution in [1.82, 2.24) is 9.97 Å². The molecule has 0 bridgehead atoms. The summed E-state index contributed by atoms with van der Waals surface area (Å²) < 4.78 is 5.32. The van der Waals surface area contributed by atoms with Gasteiger partial charge in [-0.1, -0.05) is 18.2 Å². The molecule has 0 saturated carbocycles. The quantitative estimate of drug-likeness (QED) is 0.652. The lowest BCUT2D eigenvalue weighted by molar-refractivity contribution is 0.414. The summed E-state index contributed by atoms with van der Waals surface area (Å²) in [6, 6.07) is 13.8. The maximum Gasteiger partial charge on any atom is 0.148 e. The molecule has 138 valence electrons. The number of anilines is 1. The summed E-state index contributed by atoms with van der Waals surface area (Å²) in [6.07, 6.45) is 4.41. The van der Waals surface area contributed by atoms with Crippen molar-refractivity contribution >= 4 is 28.6 Å². The standard InChI is InChI=1S/C21H23N5O/c1-14(15-5-4-6-18(9-15)27-3)26(2)21-13-24-20-10-16(17(11-22)12-23)7-8-19(20)25-21/h4-14,22H,23H2,1-3H3/b17-12+,22-11?/t14-/m1/s1. The molecule has 0 aliphatic rings. The Bertz CT molecular complexity index is 999. The van der Waals surface area contributed by atoms with Gasteiger partial charge >= 0.3 is 0 Å². The first kappa shape index (κ1) is 18.4. The average molecular weight is 361 g/mol. The summed E-state index contributed by atoms with van der Waals surface area (Å²) in [4.78, 5) is 11.4. The van der Waals surface area contributed by atoms with Gasteiger partial charge in [-0.25, -0.2) is 4.98 Å². The Hall–Kier alpha value is -3.41. The third-order valence-electron chi connectivity index (χ3n) is 4.72. The third-order valence-corrected chi connectivity index (χ3v) is 4.72. The minimum atomic E-state index is 0.107. The Morgan fingerprint density at radius 2 is 2.04 bits per heavy atom. The summed E-state index contributed by atoms with van der Waals surface area (Å²) in [5.41, 5.74) is 9.75. The first-order valence-electron chi connectivity index (χ1n) is 8.63. The number of nitrogens with zero attached hydrogens (tertiary/aromatic N) is 3. The summed E-state index contributed by atoms with van der Waals surface area (Å²) in [5.74, 6) is 1.62. The van der Waals surface area contributed by atoms with E-state index in [-0.39, 0.29) is 6.04 Å². The molecule has 0 amide bonds. The van der Waals surface area contributed by atoms with Gasteiger partial charge in [0.25, 0.3) is 0 Å². The summed E-state index contributed by atoms with van der Waals surface area (Å²) in [7, 11) is 3.67. The van der Waals surface area contributed by atoms with Crippen LogP contribution in [0, 0.1) is 5.41 Å². The summed E-state index contributed by atoms with van der Waals surface area (Å²) in [6.45, 7) is 2.12. The zero-order chi connectivity index (χ0) is 19.4. The van der Waals surface area contributed by atoms with Gasteiger partial charge in [0.2, 0.25) is 0 Å². The minimum Gasteiger partial charge on any atom is -0.497 e. The number of hydrogen-bond acceptors (Lipinski definition) is 6. The van der Waals surface area contributed by atoms with Crippen molar-refractivity contribution in [2.45, 2.75) is 13.0 Å². The van der Waals surface area contributed by atoms with E-state index in [1.54, 1.807) is 13.3 Å². The van der Waals surface area contributed by atoms with Crippen LogP contribution < -0.4 is 15.4 Å². The van der Waals surface area contributed by atoms with Gasteiger partial charge in [0.15, 0.2) is 0 Å². The zero-order valence-electron chi connectivity index (χ0n) is 15.7. The number of aromatic nitrogens is 2. The molecule has 2 aromatic carbocycles. The molecule has 3 rings (SSSR count). The summed E-state index contributed by atoms with van der Waals surface area (Å²) in [5, 5.41) is 7.43.